The Kier molecular flexibility index (Phi) is 9.44. The summed E-state index contributed by atoms with van der Waals surface area (Å²) in [6.07, 6.45) is 1.92. The summed E-state index contributed by atoms with van der Waals surface area (Å²) in [5.74, 6) is 1.69. The number of hydrogen-bond donors (Lipinski definition) is 0. The first-order chi connectivity index (χ1) is 35.2. The largest absolute Gasteiger partial charge is 0.464 e. The van der Waals surface area contributed by atoms with Gasteiger partial charge in [-0.1, -0.05) is 126 Å². The van der Waals surface area contributed by atoms with Crippen LogP contribution in [0.1, 0.15) is 63.8 Å². The van der Waals surface area contributed by atoms with Crippen molar-refractivity contribution in [3.05, 3.63) is 198 Å². The molecule has 0 atom stereocenters. The fraction of sp³-hybridized carbons (Fsp3) is 0.152. The third-order valence-corrected chi connectivity index (χ3v) is 16.7. The van der Waals surface area contributed by atoms with Crippen molar-refractivity contribution in [2.24, 2.45) is 0 Å². The number of hydrogen-bond acceptors (Lipinski definition) is 6. The Labute approximate surface area is 430 Å². The topological polar surface area (TPSA) is 45.9 Å². The highest BCUT2D eigenvalue weighted by Gasteiger charge is 2.47. The third kappa shape index (κ3) is 6.82. The fourth-order valence-corrected chi connectivity index (χ4v) is 13.1. The molecular weight excluding hydrogens is 912 g/mol. The summed E-state index contributed by atoms with van der Waals surface area (Å²) in [6.45, 7) is 18.5. The third-order valence-electron chi connectivity index (χ3n) is 15.4. The van der Waals surface area contributed by atoms with Crippen LogP contribution in [0.3, 0.4) is 0 Å². The van der Waals surface area contributed by atoms with Gasteiger partial charge in [-0.2, -0.15) is 0 Å². The molecule has 354 valence electrons. The Morgan fingerprint density at radius 1 is 0.479 bits per heavy atom. The normalized spacial score (nSPS) is 13.4. The summed E-state index contributed by atoms with van der Waals surface area (Å²) in [5, 5.41) is 4.58. The van der Waals surface area contributed by atoms with Gasteiger partial charge in [-0.05, 0) is 148 Å². The van der Waals surface area contributed by atoms with Crippen molar-refractivity contribution < 1.29 is 13.3 Å². The van der Waals surface area contributed by atoms with Crippen LogP contribution in [-0.2, 0) is 10.8 Å². The fourth-order valence-electron chi connectivity index (χ4n) is 11.8. The lowest BCUT2D eigenvalue weighted by atomic mass is 9.36. The zero-order chi connectivity index (χ0) is 49.7. The highest BCUT2D eigenvalue weighted by atomic mass is 32.1. The molecule has 0 aliphatic carbocycles. The van der Waals surface area contributed by atoms with Crippen molar-refractivity contribution in [1.82, 2.24) is 0 Å². The van der Waals surface area contributed by atoms with Crippen LogP contribution in [0.4, 0.5) is 34.1 Å². The van der Waals surface area contributed by atoms with E-state index in [1.807, 2.05) is 47.9 Å². The molecule has 6 heterocycles. The number of furan rings is 3. The number of para-hydroxylation sites is 3. The lowest BCUT2D eigenvalue weighted by Crippen LogP contribution is -2.60. The van der Waals surface area contributed by atoms with E-state index < -0.39 is 0 Å². The van der Waals surface area contributed by atoms with Gasteiger partial charge in [-0.15, -0.1) is 11.3 Å². The molecule has 73 heavy (non-hydrogen) atoms. The lowest BCUT2D eigenvalue weighted by Gasteiger charge is -2.45. The number of fused-ring (bicyclic) bond motifs is 9. The first kappa shape index (κ1) is 43.8. The molecule has 7 heteroatoms. The van der Waals surface area contributed by atoms with E-state index in [4.69, 9.17) is 13.3 Å². The standard InChI is InChI=1S/C66H53BN2O3S/c1-38-28-44(50-37-70-57-23-14-11-20-48(50)57)29-39(2)62(38)69-54-36-46(66(6,7)8)35-53-61(54)67(64-63(69)49-34-45(65(3,4)5)25-27-60(49)73-64)51-26-24-43(59-33-42-17-10-13-22-56(42)72-59)31-52(51)68(53)47-19-15-18-40(30-47)58-32-41-16-9-12-21-55(41)71-58/h9-37H,1-8H3. The van der Waals surface area contributed by atoms with Gasteiger partial charge in [0.2, 0.25) is 0 Å². The first-order valence-corrected chi connectivity index (χ1v) is 26.2. The highest BCUT2D eigenvalue weighted by molar-refractivity contribution is 7.33. The molecule has 4 aromatic heterocycles. The molecule has 0 amide bonds. The van der Waals surface area contributed by atoms with Crippen molar-refractivity contribution >= 4 is 111 Å². The summed E-state index contributed by atoms with van der Waals surface area (Å²) < 4.78 is 22.0. The molecule has 0 unspecified atom stereocenters. The molecule has 0 spiro atoms. The molecule has 0 saturated carbocycles. The van der Waals surface area contributed by atoms with Gasteiger partial charge < -0.3 is 23.1 Å². The predicted octanol–water partition coefficient (Wildman–Crippen LogP) is 17.4. The maximum Gasteiger partial charge on any atom is 0.264 e. The van der Waals surface area contributed by atoms with Gasteiger partial charge in [0.15, 0.2) is 0 Å². The Balaban J connectivity index is 1.07. The van der Waals surface area contributed by atoms with Crippen molar-refractivity contribution in [2.75, 3.05) is 9.80 Å². The van der Waals surface area contributed by atoms with Crippen LogP contribution in [0, 0.1) is 13.8 Å². The monoisotopic (exact) mass is 964 g/mol. The van der Waals surface area contributed by atoms with Gasteiger partial charge in [0.25, 0.3) is 6.71 Å². The maximum atomic E-state index is 6.64. The van der Waals surface area contributed by atoms with E-state index in [-0.39, 0.29) is 17.5 Å². The Hall–Kier alpha value is -8.00. The number of anilines is 6. The summed E-state index contributed by atoms with van der Waals surface area (Å²) in [6, 6.07) is 62.1. The van der Waals surface area contributed by atoms with Gasteiger partial charge in [-0.25, -0.2) is 0 Å². The number of rotatable bonds is 5. The quantitative estimate of drug-likeness (QED) is 0.161. The van der Waals surface area contributed by atoms with Crippen molar-refractivity contribution in [2.45, 2.75) is 66.2 Å². The highest BCUT2D eigenvalue weighted by Crippen LogP contribution is 2.52. The smallest absolute Gasteiger partial charge is 0.264 e. The SMILES string of the molecule is Cc1cc(-c2coc3ccccc23)cc(C)c1N1c2cc(C(C)(C)C)cc3c2B(c2ccc(-c4cc5ccccc5o4)cc2N3c2cccc(-c3cc4ccccc4o3)c2)c2sc3ccc(C(C)(C)C)cc3c21. The molecule has 0 fully saturated rings. The Morgan fingerprint density at radius 2 is 1.11 bits per heavy atom. The molecule has 14 rings (SSSR count). The molecule has 12 aromatic rings. The predicted molar refractivity (Wildman–Crippen MR) is 308 cm³/mol. The van der Waals surface area contributed by atoms with Crippen LogP contribution in [0.2, 0.25) is 0 Å². The first-order valence-electron chi connectivity index (χ1n) is 25.4. The van der Waals surface area contributed by atoms with E-state index in [2.05, 4.69) is 205 Å². The van der Waals surface area contributed by atoms with Gasteiger partial charge in [-0.3, -0.25) is 0 Å². The molecular formula is C66H53BN2O3S. The van der Waals surface area contributed by atoms with Crippen LogP contribution >= 0.6 is 11.3 Å². The summed E-state index contributed by atoms with van der Waals surface area (Å²) >= 11 is 1.94. The lowest BCUT2D eigenvalue weighted by molar-refractivity contribution is 0.590. The van der Waals surface area contributed by atoms with E-state index in [1.54, 1.807) is 0 Å². The van der Waals surface area contributed by atoms with Gasteiger partial charge in [0.05, 0.1) is 17.6 Å². The van der Waals surface area contributed by atoms with E-state index >= 15 is 0 Å². The zero-order valence-electron chi connectivity index (χ0n) is 42.3. The van der Waals surface area contributed by atoms with E-state index in [0.29, 0.717) is 0 Å². The number of benzene rings is 8. The molecule has 0 radical (unpaired) electrons. The Morgan fingerprint density at radius 3 is 1.78 bits per heavy atom. The average molecular weight is 965 g/mol. The zero-order valence-corrected chi connectivity index (χ0v) is 43.2. The second-order valence-electron chi connectivity index (χ2n) is 22.3. The number of nitrogens with zero attached hydrogens (tertiary/aromatic N) is 2. The van der Waals surface area contributed by atoms with E-state index in [9.17, 15) is 0 Å². The average Bonchev–Trinajstić information content (AvgIpc) is 4.21. The maximum absolute atomic E-state index is 6.64. The van der Waals surface area contributed by atoms with Crippen LogP contribution in [-0.4, -0.2) is 6.71 Å². The van der Waals surface area contributed by atoms with Crippen LogP contribution in [0.25, 0.3) is 76.8 Å². The molecule has 0 bridgehead atoms. The second-order valence-corrected chi connectivity index (χ2v) is 23.4. The van der Waals surface area contributed by atoms with E-state index in [1.165, 1.54) is 70.8 Å². The number of aryl methyl sites for hydroxylation is 2. The summed E-state index contributed by atoms with van der Waals surface area (Å²) in [5.41, 5.74) is 21.3. The van der Waals surface area contributed by atoms with E-state index in [0.717, 1.165) is 78.1 Å². The molecule has 8 aromatic carbocycles. The molecule has 5 nitrogen and oxygen atoms in total. The van der Waals surface area contributed by atoms with Crippen LogP contribution < -0.4 is 25.5 Å². The van der Waals surface area contributed by atoms with Crippen molar-refractivity contribution in [1.29, 1.82) is 0 Å². The second kappa shape index (κ2) is 15.8. The minimum absolute atomic E-state index is 0.0459. The molecule has 0 N–H and O–H groups in total. The molecule has 2 aliphatic heterocycles. The summed E-state index contributed by atoms with van der Waals surface area (Å²) in [4.78, 5) is 5.18. The van der Waals surface area contributed by atoms with Gasteiger partial charge in [0.1, 0.15) is 28.3 Å². The van der Waals surface area contributed by atoms with Gasteiger partial charge >= 0.3 is 0 Å². The van der Waals surface area contributed by atoms with Crippen molar-refractivity contribution in [3.63, 3.8) is 0 Å². The Bertz CT molecular complexity index is 4160. The minimum Gasteiger partial charge on any atom is -0.464 e. The van der Waals surface area contributed by atoms with Crippen LogP contribution in [0.5, 0.6) is 0 Å². The summed E-state index contributed by atoms with van der Waals surface area (Å²) in [7, 11) is 0. The molecule has 2 aliphatic rings. The van der Waals surface area contributed by atoms with Crippen molar-refractivity contribution in [3.8, 4) is 33.8 Å². The number of thiophene rings is 1. The van der Waals surface area contributed by atoms with Crippen LogP contribution in [0.15, 0.2) is 189 Å². The van der Waals surface area contributed by atoms with Gasteiger partial charge in [0, 0.05) is 70.5 Å². The molecule has 0 saturated heterocycles. The minimum atomic E-state index is -0.197.